The first-order valence-corrected chi connectivity index (χ1v) is 6.75. The van der Waals surface area contributed by atoms with Crippen LogP contribution < -0.4 is 0 Å². The highest BCUT2D eigenvalue weighted by Gasteiger charge is 2.40. The van der Waals surface area contributed by atoms with Crippen molar-refractivity contribution in [3.63, 3.8) is 0 Å². The lowest BCUT2D eigenvalue weighted by Crippen LogP contribution is -2.47. The Morgan fingerprint density at radius 2 is 2.00 bits per heavy atom. The third-order valence-electron chi connectivity index (χ3n) is 3.60. The minimum atomic E-state index is -0.452. The van der Waals surface area contributed by atoms with Crippen LogP contribution in [0.5, 0.6) is 0 Å². The second-order valence-corrected chi connectivity index (χ2v) is 5.15. The molecule has 1 aromatic rings. The van der Waals surface area contributed by atoms with Crippen LogP contribution in [0.4, 0.5) is 0 Å². The summed E-state index contributed by atoms with van der Waals surface area (Å²) in [7, 11) is 0. The van der Waals surface area contributed by atoms with Crippen LogP contribution in [-0.2, 0) is 9.47 Å². The van der Waals surface area contributed by atoms with Gasteiger partial charge in [0.15, 0.2) is 5.79 Å². The van der Waals surface area contributed by atoms with Crippen LogP contribution in [0, 0.1) is 0 Å². The van der Waals surface area contributed by atoms with Gasteiger partial charge in [-0.15, -0.1) is 0 Å². The number of hydrogen-bond acceptors (Lipinski definition) is 4. The Bertz CT molecular complexity index is 479. The fourth-order valence-corrected chi connectivity index (χ4v) is 2.73. The van der Waals surface area contributed by atoms with E-state index in [0.717, 1.165) is 12.8 Å². The lowest BCUT2D eigenvalue weighted by Gasteiger charge is -2.37. The number of halogens is 1. The van der Waals surface area contributed by atoms with Crippen molar-refractivity contribution in [1.29, 1.82) is 0 Å². The van der Waals surface area contributed by atoms with Crippen molar-refractivity contribution in [2.75, 3.05) is 26.3 Å². The van der Waals surface area contributed by atoms with Gasteiger partial charge in [0.1, 0.15) is 5.15 Å². The number of piperidine rings is 1. The summed E-state index contributed by atoms with van der Waals surface area (Å²) in [5.41, 5.74) is 0.573. The van der Waals surface area contributed by atoms with E-state index >= 15 is 0 Å². The van der Waals surface area contributed by atoms with Crippen LogP contribution in [0.1, 0.15) is 23.2 Å². The second kappa shape index (κ2) is 5.07. The normalized spacial score (nSPS) is 21.8. The second-order valence-electron chi connectivity index (χ2n) is 4.77. The molecular formula is C13H15ClN2O3. The van der Waals surface area contributed by atoms with Crippen molar-refractivity contribution in [2.24, 2.45) is 0 Å². The summed E-state index contributed by atoms with van der Waals surface area (Å²) in [4.78, 5) is 18.0. The SMILES string of the molecule is O=C(c1ccnc(Cl)c1)N1CCC2(CC1)OCCO2. The molecule has 3 heterocycles. The number of nitrogens with zero attached hydrogens (tertiary/aromatic N) is 2. The predicted octanol–water partition coefficient (Wildman–Crippen LogP) is 1.71. The van der Waals surface area contributed by atoms with Gasteiger partial charge in [0.05, 0.1) is 13.2 Å². The summed E-state index contributed by atoms with van der Waals surface area (Å²) >= 11 is 5.80. The molecule has 0 saturated carbocycles. The van der Waals surface area contributed by atoms with E-state index in [-0.39, 0.29) is 5.91 Å². The zero-order valence-corrected chi connectivity index (χ0v) is 11.2. The average Bonchev–Trinajstić information content (AvgIpc) is 2.87. The molecule has 0 N–H and O–H groups in total. The highest BCUT2D eigenvalue weighted by molar-refractivity contribution is 6.29. The van der Waals surface area contributed by atoms with Gasteiger partial charge in [0.2, 0.25) is 0 Å². The zero-order chi connectivity index (χ0) is 13.3. The van der Waals surface area contributed by atoms with Gasteiger partial charge in [0, 0.05) is 37.7 Å². The van der Waals surface area contributed by atoms with E-state index in [0.29, 0.717) is 37.0 Å². The van der Waals surface area contributed by atoms with E-state index < -0.39 is 5.79 Å². The monoisotopic (exact) mass is 282 g/mol. The van der Waals surface area contributed by atoms with Gasteiger partial charge in [-0.25, -0.2) is 4.98 Å². The van der Waals surface area contributed by atoms with E-state index in [4.69, 9.17) is 21.1 Å². The fraction of sp³-hybridized carbons (Fsp3) is 0.538. The standard InChI is InChI=1S/C13H15ClN2O3/c14-11-9-10(1-4-15-11)12(17)16-5-2-13(3-6-16)18-7-8-19-13/h1,4,9H,2-3,5-8H2. The highest BCUT2D eigenvalue weighted by Crippen LogP contribution is 2.31. The highest BCUT2D eigenvalue weighted by atomic mass is 35.5. The Kier molecular flexibility index (Phi) is 3.43. The van der Waals surface area contributed by atoms with Crippen LogP contribution in [-0.4, -0.2) is 47.9 Å². The molecule has 3 rings (SSSR count). The zero-order valence-electron chi connectivity index (χ0n) is 10.5. The summed E-state index contributed by atoms with van der Waals surface area (Å²) in [6.45, 7) is 2.57. The molecule has 19 heavy (non-hydrogen) atoms. The molecule has 0 unspecified atom stereocenters. The summed E-state index contributed by atoms with van der Waals surface area (Å²) in [5, 5.41) is 0.335. The van der Waals surface area contributed by atoms with Crippen molar-refractivity contribution in [3.8, 4) is 0 Å². The molecule has 5 nitrogen and oxygen atoms in total. The van der Waals surface area contributed by atoms with Crippen LogP contribution in [0.15, 0.2) is 18.3 Å². The summed E-state index contributed by atoms with van der Waals surface area (Å²) in [6.07, 6.45) is 2.99. The third kappa shape index (κ3) is 2.59. The van der Waals surface area contributed by atoms with E-state index in [9.17, 15) is 4.79 Å². The maximum atomic E-state index is 12.3. The minimum Gasteiger partial charge on any atom is -0.347 e. The Balaban J connectivity index is 1.66. The summed E-state index contributed by atoms with van der Waals surface area (Å²) in [6, 6.07) is 3.28. The number of carbonyl (C=O) groups is 1. The Morgan fingerprint density at radius 1 is 1.32 bits per heavy atom. The number of ether oxygens (including phenoxy) is 2. The largest absolute Gasteiger partial charge is 0.347 e. The molecule has 1 aromatic heterocycles. The maximum absolute atomic E-state index is 12.3. The van der Waals surface area contributed by atoms with Crippen molar-refractivity contribution >= 4 is 17.5 Å². The number of amides is 1. The number of aromatic nitrogens is 1. The van der Waals surface area contributed by atoms with Crippen molar-refractivity contribution < 1.29 is 14.3 Å². The molecule has 2 saturated heterocycles. The lowest BCUT2D eigenvalue weighted by atomic mass is 10.0. The maximum Gasteiger partial charge on any atom is 0.254 e. The molecule has 6 heteroatoms. The van der Waals surface area contributed by atoms with E-state index in [1.165, 1.54) is 0 Å². The molecule has 1 amide bonds. The van der Waals surface area contributed by atoms with E-state index in [1.54, 1.807) is 18.3 Å². The van der Waals surface area contributed by atoms with Crippen molar-refractivity contribution in [3.05, 3.63) is 29.0 Å². The molecule has 102 valence electrons. The topological polar surface area (TPSA) is 51.7 Å². The number of pyridine rings is 1. The number of carbonyl (C=O) groups excluding carboxylic acids is 1. The molecule has 0 bridgehead atoms. The summed E-state index contributed by atoms with van der Waals surface area (Å²) < 4.78 is 11.3. The average molecular weight is 283 g/mol. The Hall–Kier alpha value is -1.17. The van der Waals surface area contributed by atoms with Gasteiger partial charge in [-0.05, 0) is 12.1 Å². The number of hydrogen-bond donors (Lipinski definition) is 0. The summed E-state index contributed by atoms with van der Waals surface area (Å²) in [5.74, 6) is -0.468. The van der Waals surface area contributed by atoms with Crippen LogP contribution in [0.25, 0.3) is 0 Å². The van der Waals surface area contributed by atoms with Gasteiger partial charge >= 0.3 is 0 Å². The van der Waals surface area contributed by atoms with Gasteiger partial charge in [0.25, 0.3) is 5.91 Å². The predicted molar refractivity (Wildman–Crippen MR) is 69.0 cm³/mol. The van der Waals surface area contributed by atoms with Crippen molar-refractivity contribution in [1.82, 2.24) is 9.88 Å². The third-order valence-corrected chi connectivity index (χ3v) is 3.81. The fourth-order valence-electron chi connectivity index (χ4n) is 2.55. The first-order valence-electron chi connectivity index (χ1n) is 6.37. The minimum absolute atomic E-state index is 0.0165. The van der Waals surface area contributed by atoms with Gasteiger partial charge in [-0.3, -0.25) is 4.79 Å². The number of likely N-dealkylation sites (tertiary alicyclic amines) is 1. The van der Waals surface area contributed by atoms with Crippen molar-refractivity contribution in [2.45, 2.75) is 18.6 Å². The molecule has 0 aliphatic carbocycles. The number of rotatable bonds is 1. The van der Waals surface area contributed by atoms with Gasteiger partial charge < -0.3 is 14.4 Å². The molecule has 2 aliphatic heterocycles. The van der Waals surface area contributed by atoms with E-state index in [1.807, 2.05) is 4.90 Å². The Labute approximate surface area is 116 Å². The van der Waals surface area contributed by atoms with Gasteiger partial charge in [-0.2, -0.15) is 0 Å². The van der Waals surface area contributed by atoms with E-state index in [2.05, 4.69) is 4.98 Å². The molecule has 0 aromatic carbocycles. The Morgan fingerprint density at radius 3 is 2.63 bits per heavy atom. The molecular weight excluding hydrogens is 268 g/mol. The quantitative estimate of drug-likeness (QED) is 0.736. The molecule has 0 radical (unpaired) electrons. The van der Waals surface area contributed by atoms with Gasteiger partial charge in [-0.1, -0.05) is 11.6 Å². The first-order chi connectivity index (χ1) is 9.19. The molecule has 1 spiro atoms. The lowest BCUT2D eigenvalue weighted by molar-refractivity contribution is -0.181. The molecule has 2 fully saturated rings. The van der Waals surface area contributed by atoms with Crippen LogP contribution in [0.2, 0.25) is 5.15 Å². The molecule has 2 aliphatic rings. The first kappa shape index (κ1) is 12.8. The smallest absolute Gasteiger partial charge is 0.254 e. The molecule has 0 atom stereocenters. The van der Waals surface area contributed by atoms with Crippen LogP contribution >= 0.6 is 11.6 Å². The van der Waals surface area contributed by atoms with Crippen LogP contribution in [0.3, 0.4) is 0 Å².